The summed E-state index contributed by atoms with van der Waals surface area (Å²) in [6.07, 6.45) is 3.71. The van der Waals surface area contributed by atoms with E-state index in [-0.39, 0.29) is 17.4 Å². The molecule has 0 spiro atoms. The van der Waals surface area contributed by atoms with Gasteiger partial charge in [-0.3, -0.25) is 4.79 Å². The topological polar surface area (TPSA) is 38.3 Å². The predicted octanol–water partition coefficient (Wildman–Crippen LogP) is 4.48. The zero-order valence-electron chi connectivity index (χ0n) is 14.0. The Morgan fingerprint density at radius 3 is 2.62 bits per heavy atom. The van der Waals surface area contributed by atoms with Crippen LogP contribution in [-0.2, 0) is 4.79 Å². The molecular weight excluding hydrogens is 262 g/mol. The Morgan fingerprint density at radius 2 is 2.05 bits per heavy atom. The van der Waals surface area contributed by atoms with Gasteiger partial charge in [-0.1, -0.05) is 52.7 Å². The Labute approximate surface area is 129 Å². The molecule has 1 unspecified atom stereocenters. The van der Waals surface area contributed by atoms with Crippen LogP contribution in [0.25, 0.3) is 0 Å². The average molecular weight is 291 g/mol. The molecule has 0 saturated carbocycles. The van der Waals surface area contributed by atoms with Crippen molar-refractivity contribution in [2.75, 3.05) is 7.11 Å². The minimum absolute atomic E-state index is 0.00771. The average Bonchev–Trinajstić information content (AvgIpc) is 2.41. The summed E-state index contributed by atoms with van der Waals surface area (Å²) in [7, 11) is 1.67. The first-order chi connectivity index (χ1) is 9.85. The molecule has 0 saturated heterocycles. The van der Waals surface area contributed by atoms with Gasteiger partial charge in [-0.25, -0.2) is 0 Å². The van der Waals surface area contributed by atoms with Crippen molar-refractivity contribution in [3.05, 3.63) is 29.8 Å². The summed E-state index contributed by atoms with van der Waals surface area (Å²) in [6, 6.07) is 8.04. The molecule has 1 aromatic carbocycles. The molecule has 1 atom stereocenters. The lowest BCUT2D eigenvalue weighted by Gasteiger charge is -2.23. The monoisotopic (exact) mass is 291 g/mol. The summed E-state index contributed by atoms with van der Waals surface area (Å²) in [5, 5.41) is 3.18. The Kier molecular flexibility index (Phi) is 6.73. The van der Waals surface area contributed by atoms with Gasteiger partial charge in [0.15, 0.2) is 0 Å². The van der Waals surface area contributed by atoms with Crippen LogP contribution < -0.4 is 10.1 Å². The molecule has 1 aromatic rings. The molecule has 0 aliphatic rings. The van der Waals surface area contributed by atoms with Crippen LogP contribution in [0.2, 0.25) is 0 Å². The first-order valence-electron chi connectivity index (χ1n) is 7.79. The maximum absolute atomic E-state index is 12.2. The molecular formula is C18H29NO2. The van der Waals surface area contributed by atoms with Crippen LogP contribution in [0.4, 0.5) is 0 Å². The van der Waals surface area contributed by atoms with Crippen LogP contribution in [0.3, 0.4) is 0 Å². The SMILES string of the molecule is CCCCC(NC(=O)CC(C)(C)C)c1cccc(OC)c1. The molecule has 0 fully saturated rings. The van der Waals surface area contributed by atoms with E-state index in [4.69, 9.17) is 4.74 Å². The molecule has 3 heteroatoms. The third-order valence-corrected chi connectivity index (χ3v) is 3.37. The molecule has 1 amide bonds. The van der Waals surface area contributed by atoms with Crippen LogP contribution in [0.5, 0.6) is 5.75 Å². The van der Waals surface area contributed by atoms with Crippen LogP contribution in [0, 0.1) is 5.41 Å². The molecule has 21 heavy (non-hydrogen) atoms. The lowest BCUT2D eigenvalue weighted by molar-refractivity contribution is -0.123. The van der Waals surface area contributed by atoms with E-state index in [1.807, 2.05) is 18.2 Å². The van der Waals surface area contributed by atoms with E-state index >= 15 is 0 Å². The molecule has 1 rings (SSSR count). The second kappa shape index (κ2) is 8.06. The van der Waals surface area contributed by atoms with Gasteiger partial charge in [0.2, 0.25) is 5.91 Å². The van der Waals surface area contributed by atoms with Gasteiger partial charge in [0, 0.05) is 6.42 Å². The molecule has 118 valence electrons. The maximum atomic E-state index is 12.2. The number of carbonyl (C=O) groups is 1. The highest BCUT2D eigenvalue weighted by molar-refractivity contribution is 5.77. The maximum Gasteiger partial charge on any atom is 0.221 e. The number of methoxy groups -OCH3 is 1. The fourth-order valence-corrected chi connectivity index (χ4v) is 2.32. The van der Waals surface area contributed by atoms with Gasteiger partial charge < -0.3 is 10.1 Å². The second-order valence-electron chi connectivity index (χ2n) is 6.78. The van der Waals surface area contributed by atoms with Crippen molar-refractivity contribution < 1.29 is 9.53 Å². The van der Waals surface area contributed by atoms with Crippen LogP contribution in [0.1, 0.15) is 65.0 Å². The first-order valence-corrected chi connectivity index (χ1v) is 7.79. The first kappa shape index (κ1) is 17.5. The number of amides is 1. The zero-order chi connectivity index (χ0) is 15.9. The smallest absolute Gasteiger partial charge is 0.221 e. The van der Waals surface area contributed by atoms with E-state index in [0.29, 0.717) is 6.42 Å². The molecule has 0 bridgehead atoms. The number of unbranched alkanes of at least 4 members (excludes halogenated alkanes) is 1. The lowest BCUT2D eigenvalue weighted by Crippen LogP contribution is -2.31. The van der Waals surface area contributed by atoms with E-state index in [9.17, 15) is 4.79 Å². The van der Waals surface area contributed by atoms with Gasteiger partial charge in [0.1, 0.15) is 5.75 Å². The van der Waals surface area contributed by atoms with E-state index in [0.717, 1.165) is 30.6 Å². The van der Waals surface area contributed by atoms with Crippen molar-refractivity contribution in [3.8, 4) is 5.75 Å². The summed E-state index contributed by atoms with van der Waals surface area (Å²) < 4.78 is 5.28. The number of rotatable bonds is 7. The van der Waals surface area contributed by atoms with Crippen LogP contribution in [0.15, 0.2) is 24.3 Å². The van der Waals surface area contributed by atoms with Crippen molar-refractivity contribution in [2.24, 2.45) is 5.41 Å². The van der Waals surface area contributed by atoms with Gasteiger partial charge in [-0.05, 0) is 29.5 Å². The number of hydrogen-bond donors (Lipinski definition) is 1. The summed E-state index contributed by atoms with van der Waals surface area (Å²) in [6.45, 7) is 8.41. The van der Waals surface area contributed by atoms with Crippen molar-refractivity contribution in [1.29, 1.82) is 0 Å². The minimum atomic E-state index is 0.00771. The van der Waals surface area contributed by atoms with Crippen molar-refractivity contribution in [3.63, 3.8) is 0 Å². The fraction of sp³-hybridized carbons (Fsp3) is 0.611. The zero-order valence-corrected chi connectivity index (χ0v) is 14.0. The highest BCUT2D eigenvalue weighted by Crippen LogP contribution is 2.25. The van der Waals surface area contributed by atoms with E-state index in [1.54, 1.807) is 7.11 Å². The third-order valence-electron chi connectivity index (χ3n) is 3.37. The highest BCUT2D eigenvalue weighted by atomic mass is 16.5. The largest absolute Gasteiger partial charge is 0.497 e. The summed E-state index contributed by atoms with van der Waals surface area (Å²) in [5.41, 5.74) is 1.12. The molecule has 0 aromatic heterocycles. The highest BCUT2D eigenvalue weighted by Gasteiger charge is 2.20. The van der Waals surface area contributed by atoms with Gasteiger partial charge in [0.05, 0.1) is 13.2 Å². The van der Waals surface area contributed by atoms with E-state index < -0.39 is 0 Å². The van der Waals surface area contributed by atoms with Crippen molar-refractivity contribution in [1.82, 2.24) is 5.32 Å². The number of ether oxygens (including phenoxy) is 1. The van der Waals surface area contributed by atoms with Gasteiger partial charge in [-0.15, -0.1) is 0 Å². The van der Waals surface area contributed by atoms with Crippen LogP contribution >= 0.6 is 0 Å². The molecule has 0 heterocycles. The molecule has 0 aliphatic carbocycles. The quantitative estimate of drug-likeness (QED) is 0.804. The summed E-state index contributed by atoms with van der Waals surface area (Å²) >= 11 is 0. The normalized spacial score (nSPS) is 12.8. The van der Waals surface area contributed by atoms with Crippen molar-refractivity contribution in [2.45, 2.75) is 59.4 Å². The van der Waals surface area contributed by atoms with Crippen molar-refractivity contribution >= 4 is 5.91 Å². The van der Waals surface area contributed by atoms with Gasteiger partial charge in [-0.2, -0.15) is 0 Å². The molecule has 0 aliphatic heterocycles. The Hall–Kier alpha value is -1.51. The lowest BCUT2D eigenvalue weighted by atomic mass is 9.91. The number of benzene rings is 1. The number of hydrogen-bond acceptors (Lipinski definition) is 2. The molecule has 0 radical (unpaired) electrons. The van der Waals surface area contributed by atoms with E-state index in [2.05, 4.69) is 39.1 Å². The van der Waals surface area contributed by atoms with Gasteiger partial charge in [0.25, 0.3) is 0 Å². The van der Waals surface area contributed by atoms with Crippen LogP contribution in [-0.4, -0.2) is 13.0 Å². The number of carbonyl (C=O) groups excluding carboxylic acids is 1. The third kappa shape index (κ3) is 6.65. The second-order valence-corrected chi connectivity index (χ2v) is 6.78. The van der Waals surface area contributed by atoms with E-state index in [1.165, 1.54) is 0 Å². The Morgan fingerprint density at radius 1 is 1.33 bits per heavy atom. The Bertz CT molecular complexity index is 449. The summed E-state index contributed by atoms with van der Waals surface area (Å²) in [5.74, 6) is 0.950. The van der Waals surface area contributed by atoms with Gasteiger partial charge >= 0.3 is 0 Å². The standard InChI is InChI=1S/C18H29NO2/c1-6-7-11-16(19-17(20)13-18(2,3)4)14-9-8-10-15(12-14)21-5/h8-10,12,16H,6-7,11,13H2,1-5H3,(H,19,20). The Balaban J connectivity index is 2.81. The minimum Gasteiger partial charge on any atom is -0.497 e. The predicted molar refractivity (Wildman–Crippen MR) is 87.5 cm³/mol. The fourth-order valence-electron chi connectivity index (χ4n) is 2.32. The number of nitrogens with one attached hydrogen (secondary N) is 1. The molecule has 1 N–H and O–H groups in total. The molecule has 3 nitrogen and oxygen atoms in total. The summed E-state index contributed by atoms with van der Waals surface area (Å²) in [4.78, 5) is 12.2.